The van der Waals surface area contributed by atoms with Gasteiger partial charge in [-0.2, -0.15) is 0 Å². The molecule has 0 aliphatic heterocycles. The summed E-state index contributed by atoms with van der Waals surface area (Å²) < 4.78 is 13.3. The third-order valence-corrected chi connectivity index (χ3v) is 4.59. The molecular weight excluding hydrogens is 291 g/mol. The minimum Gasteiger partial charge on any atom is -0.207 e. The molecule has 22 heavy (non-hydrogen) atoms. The minimum atomic E-state index is -0.186. The molecule has 0 aliphatic rings. The Kier molecular flexibility index (Phi) is 6.26. The Labute approximate surface area is 137 Å². The van der Waals surface area contributed by atoms with Crippen molar-refractivity contribution in [2.75, 3.05) is 6.26 Å². The highest BCUT2D eigenvalue weighted by molar-refractivity contribution is 7.98. The van der Waals surface area contributed by atoms with Crippen molar-refractivity contribution in [3.63, 3.8) is 0 Å². The highest BCUT2D eigenvalue weighted by atomic mass is 32.2. The fraction of sp³-hybridized carbons (Fsp3) is 0.300. The number of hydrogen-bond donors (Lipinski definition) is 0. The monoisotopic (exact) mass is 314 g/mol. The molecule has 0 saturated heterocycles. The molecule has 0 aromatic heterocycles. The molecule has 2 rings (SSSR count). The van der Waals surface area contributed by atoms with Gasteiger partial charge < -0.3 is 0 Å². The van der Waals surface area contributed by atoms with Gasteiger partial charge >= 0.3 is 0 Å². The molecule has 0 saturated carbocycles. The maximum atomic E-state index is 13.3. The quantitative estimate of drug-likeness (QED) is 0.544. The van der Waals surface area contributed by atoms with Gasteiger partial charge in [0, 0.05) is 4.90 Å². The summed E-state index contributed by atoms with van der Waals surface area (Å²) in [5.41, 5.74) is 5.02. The van der Waals surface area contributed by atoms with E-state index in [1.807, 2.05) is 12.1 Å². The van der Waals surface area contributed by atoms with E-state index < -0.39 is 0 Å². The van der Waals surface area contributed by atoms with E-state index in [9.17, 15) is 4.39 Å². The fourth-order valence-electron chi connectivity index (χ4n) is 2.73. The van der Waals surface area contributed by atoms with E-state index in [-0.39, 0.29) is 5.82 Å². The van der Waals surface area contributed by atoms with E-state index >= 15 is 0 Å². The summed E-state index contributed by atoms with van der Waals surface area (Å²) in [5.74, 6) is -0.186. The van der Waals surface area contributed by atoms with Gasteiger partial charge in [0.2, 0.25) is 0 Å². The van der Waals surface area contributed by atoms with Crippen molar-refractivity contribution in [1.29, 1.82) is 0 Å². The first-order valence-electron chi connectivity index (χ1n) is 7.82. The summed E-state index contributed by atoms with van der Waals surface area (Å²) in [6.07, 6.45) is 5.30. The summed E-state index contributed by atoms with van der Waals surface area (Å²) in [5, 5.41) is 0. The largest absolute Gasteiger partial charge is 0.207 e. The van der Waals surface area contributed by atoms with Gasteiger partial charge in [-0.25, -0.2) is 4.39 Å². The fourth-order valence-corrected chi connectivity index (χ4v) is 3.14. The predicted octanol–water partition coefficient (Wildman–Crippen LogP) is 6.56. The van der Waals surface area contributed by atoms with Gasteiger partial charge in [0.05, 0.1) is 0 Å². The first-order chi connectivity index (χ1) is 10.7. The lowest BCUT2D eigenvalue weighted by Gasteiger charge is -2.16. The maximum Gasteiger partial charge on any atom is 0.123 e. The van der Waals surface area contributed by atoms with E-state index in [0.717, 1.165) is 24.8 Å². The van der Waals surface area contributed by atoms with Crippen molar-refractivity contribution < 1.29 is 4.39 Å². The van der Waals surface area contributed by atoms with Crippen LogP contribution in [0.15, 0.2) is 59.0 Å². The Morgan fingerprint density at radius 3 is 1.91 bits per heavy atom. The molecule has 0 heterocycles. The molecule has 0 amide bonds. The van der Waals surface area contributed by atoms with Crippen LogP contribution >= 0.6 is 11.8 Å². The van der Waals surface area contributed by atoms with E-state index in [1.54, 1.807) is 23.9 Å². The molecule has 116 valence electrons. The van der Waals surface area contributed by atoms with Crippen LogP contribution in [0.1, 0.15) is 44.2 Å². The lowest BCUT2D eigenvalue weighted by molar-refractivity contribution is 0.627. The maximum absolute atomic E-state index is 13.3. The van der Waals surface area contributed by atoms with Gasteiger partial charge in [0.15, 0.2) is 0 Å². The third-order valence-electron chi connectivity index (χ3n) is 3.84. The van der Waals surface area contributed by atoms with Gasteiger partial charge in [0.1, 0.15) is 5.82 Å². The van der Waals surface area contributed by atoms with Gasteiger partial charge in [-0.1, -0.05) is 50.1 Å². The van der Waals surface area contributed by atoms with Crippen LogP contribution in [-0.4, -0.2) is 6.26 Å². The number of benzene rings is 2. The van der Waals surface area contributed by atoms with Gasteiger partial charge in [-0.15, -0.1) is 11.8 Å². The summed E-state index contributed by atoms with van der Waals surface area (Å²) in [6, 6.07) is 15.5. The third kappa shape index (κ3) is 4.01. The summed E-state index contributed by atoms with van der Waals surface area (Å²) >= 11 is 1.75. The highest BCUT2D eigenvalue weighted by Crippen LogP contribution is 2.32. The molecule has 2 heteroatoms. The molecule has 0 atom stereocenters. The van der Waals surface area contributed by atoms with Crippen LogP contribution in [0.25, 0.3) is 5.57 Å². The number of thioether (sulfide) groups is 1. The molecule has 0 fully saturated rings. The molecule has 0 N–H and O–H groups in total. The van der Waals surface area contributed by atoms with Crippen molar-refractivity contribution in [2.24, 2.45) is 0 Å². The van der Waals surface area contributed by atoms with Crippen molar-refractivity contribution >= 4 is 17.3 Å². The first kappa shape index (κ1) is 16.8. The van der Waals surface area contributed by atoms with Crippen LogP contribution in [0.2, 0.25) is 0 Å². The van der Waals surface area contributed by atoms with Crippen molar-refractivity contribution in [2.45, 2.75) is 38.0 Å². The summed E-state index contributed by atoms with van der Waals surface area (Å²) in [6.45, 7) is 4.40. The SMILES string of the molecule is CCC/C(CC)=C(\c1ccc(F)cc1)c1ccc(SC)cc1. The van der Waals surface area contributed by atoms with Crippen LogP contribution in [-0.2, 0) is 0 Å². The molecule has 0 nitrogen and oxygen atoms in total. The zero-order valence-corrected chi connectivity index (χ0v) is 14.3. The van der Waals surface area contributed by atoms with Crippen molar-refractivity contribution in [3.05, 3.63) is 71.0 Å². The van der Waals surface area contributed by atoms with E-state index in [0.29, 0.717) is 0 Å². The van der Waals surface area contributed by atoms with Crippen LogP contribution in [0, 0.1) is 5.82 Å². The van der Waals surface area contributed by atoms with Crippen LogP contribution in [0.3, 0.4) is 0 Å². The normalized spacial score (nSPS) is 12.2. The molecule has 2 aromatic rings. The summed E-state index contributed by atoms with van der Waals surface area (Å²) in [7, 11) is 0. The minimum absolute atomic E-state index is 0.186. The Hall–Kier alpha value is -1.54. The lowest BCUT2D eigenvalue weighted by atomic mass is 9.90. The Morgan fingerprint density at radius 1 is 0.909 bits per heavy atom. The van der Waals surface area contributed by atoms with Crippen LogP contribution in [0.4, 0.5) is 4.39 Å². The Bertz CT molecular complexity index is 624. The zero-order chi connectivity index (χ0) is 15.9. The average Bonchev–Trinajstić information content (AvgIpc) is 2.56. The molecular formula is C20H23FS. The number of halogens is 1. The van der Waals surface area contributed by atoms with Crippen molar-refractivity contribution in [1.82, 2.24) is 0 Å². The zero-order valence-electron chi connectivity index (χ0n) is 13.5. The van der Waals surface area contributed by atoms with Gasteiger partial charge in [0.25, 0.3) is 0 Å². The Morgan fingerprint density at radius 2 is 1.45 bits per heavy atom. The molecule has 2 aromatic carbocycles. The second-order valence-corrected chi connectivity index (χ2v) is 6.20. The lowest BCUT2D eigenvalue weighted by Crippen LogP contribution is -1.95. The smallest absolute Gasteiger partial charge is 0.123 e. The number of rotatable bonds is 6. The van der Waals surface area contributed by atoms with Crippen LogP contribution < -0.4 is 0 Å². The van der Waals surface area contributed by atoms with E-state index in [2.05, 4.69) is 44.4 Å². The topological polar surface area (TPSA) is 0 Å². The van der Waals surface area contributed by atoms with E-state index in [1.165, 1.54) is 21.6 Å². The molecule has 0 radical (unpaired) electrons. The standard InChI is InChI=1S/C20H23FS/c1-4-6-15(5-2)20(16-7-11-18(21)12-8-16)17-9-13-19(22-3)14-10-17/h7-14H,4-6H2,1-3H3/b20-15+. The highest BCUT2D eigenvalue weighted by Gasteiger charge is 2.11. The average molecular weight is 314 g/mol. The number of allylic oxidation sites excluding steroid dienone is 1. The van der Waals surface area contributed by atoms with E-state index in [4.69, 9.17) is 0 Å². The number of hydrogen-bond acceptors (Lipinski definition) is 1. The second-order valence-electron chi connectivity index (χ2n) is 5.32. The molecule has 0 aliphatic carbocycles. The molecule has 0 unspecified atom stereocenters. The first-order valence-corrected chi connectivity index (χ1v) is 9.04. The Balaban J connectivity index is 2.55. The van der Waals surface area contributed by atoms with Gasteiger partial charge in [-0.3, -0.25) is 0 Å². The van der Waals surface area contributed by atoms with Crippen LogP contribution in [0.5, 0.6) is 0 Å². The van der Waals surface area contributed by atoms with Gasteiger partial charge in [-0.05, 0) is 60.1 Å². The second kappa shape index (κ2) is 8.19. The summed E-state index contributed by atoms with van der Waals surface area (Å²) in [4.78, 5) is 1.26. The predicted molar refractivity (Wildman–Crippen MR) is 95.8 cm³/mol. The van der Waals surface area contributed by atoms with Crippen molar-refractivity contribution in [3.8, 4) is 0 Å². The molecule has 0 bridgehead atoms. The molecule has 0 spiro atoms.